The first-order valence-corrected chi connectivity index (χ1v) is 13.6. The van der Waals surface area contributed by atoms with E-state index >= 15 is 0 Å². The molecule has 5 N–H and O–H groups in total. The molecule has 0 unspecified atom stereocenters. The maximum Gasteiger partial charge on any atom is 0.435 e. The highest BCUT2D eigenvalue weighted by atomic mass is 32.2. The van der Waals surface area contributed by atoms with Crippen LogP contribution in [-0.4, -0.2) is 42.4 Å². The number of halogens is 3. The molecule has 0 aliphatic carbocycles. The predicted octanol–water partition coefficient (Wildman–Crippen LogP) is 4.00. The molecule has 1 aliphatic rings. The van der Waals surface area contributed by atoms with E-state index in [0.29, 0.717) is 39.5 Å². The van der Waals surface area contributed by atoms with Crippen LogP contribution in [0.1, 0.15) is 16.2 Å². The van der Waals surface area contributed by atoms with Crippen molar-refractivity contribution < 1.29 is 30.9 Å². The van der Waals surface area contributed by atoms with Crippen molar-refractivity contribution >= 4 is 44.1 Å². The van der Waals surface area contributed by atoms with Crippen molar-refractivity contribution in [2.75, 3.05) is 29.0 Å². The normalized spacial score (nSPS) is 13.7. The number of hydrogen-bond donors (Lipinski definition) is 3. The Morgan fingerprint density at radius 3 is 2.59 bits per heavy atom. The largest absolute Gasteiger partial charge is 0.435 e. The number of nitrogens with two attached hydrogens (primary N) is 2. The number of sulfonamides is 1. The summed E-state index contributed by atoms with van der Waals surface area (Å²) in [5.41, 5.74) is 6.45. The quantitative estimate of drug-likeness (QED) is 0.286. The van der Waals surface area contributed by atoms with Gasteiger partial charge in [-0.1, -0.05) is 29.4 Å². The van der Waals surface area contributed by atoms with Crippen molar-refractivity contribution in [3.05, 3.63) is 78.1 Å². The molecule has 15 heteroatoms. The Balaban J connectivity index is 1.43. The number of anilines is 3. The van der Waals surface area contributed by atoms with Gasteiger partial charge < -0.3 is 20.5 Å². The van der Waals surface area contributed by atoms with Gasteiger partial charge in [-0.2, -0.15) is 18.3 Å². The highest BCUT2D eigenvalue weighted by Gasteiger charge is 2.37. The maximum absolute atomic E-state index is 13.8. The Morgan fingerprint density at radius 2 is 1.83 bits per heavy atom. The summed E-state index contributed by atoms with van der Waals surface area (Å²) in [6.07, 6.45) is -4.81. The van der Waals surface area contributed by atoms with Crippen LogP contribution in [0, 0.1) is 0 Å². The van der Waals surface area contributed by atoms with Crippen LogP contribution in [-0.2, 0) is 16.2 Å². The number of aromatic nitrogens is 3. The number of carbonyl (C=O) groups is 1. The number of fused-ring (bicyclic) bond motifs is 2. The van der Waals surface area contributed by atoms with Crippen LogP contribution in [0.5, 0.6) is 0 Å². The molecule has 0 saturated carbocycles. The summed E-state index contributed by atoms with van der Waals surface area (Å²) in [7, 11) is -4.02. The SMILES string of the molecule is Nc1noc2ccc(-n3nc(C(F)(F)F)cc3C(=O)N3CCNc4cc(-c5ccccc5S(N)(=O)=O)ccc43)cc12. The second-order valence-electron chi connectivity index (χ2n) is 9.23. The average molecular weight is 584 g/mol. The summed E-state index contributed by atoms with van der Waals surface area (Å²) in [6, 6.07) is 16.1. The van der Waals surface area contributed by atoms with Crippen molar-refractivity contribution in [2.24, 2.45) is 5.14 Å². The van der Waals surface area contributed by atoms with Crippen LogP contribution in [0.15, 0.2) is 76.1 Å². The van der Waals surface area contributed by atoms with Gasteiger partial charge in [-0.3, -0.25) is 4.79 Å². The van der Waals surface area contributed by atoms with Gasteiger partial charge in [-0.15, -0.1) is 0 Å². The van der Waals surface area contributed by atoms with Gasteiger partial charge in [-0.05, 0) is 42.0 Å². The zero-order chi connectivity index (χ0) is 29.1. The number of nitrogens with zero attached hydrogens (tertiary/aromatic N) is 4. The maximum atomic E-state index is 13.8. The molecule has 3 aromatic carbocycles. The minimum Gasteiger partial charge on any atom is -0.382 e. The van der Waals surface area contributed by atoms with Crippen molar-refractivity contribution in [1.82, 2.24) is 14.9 Å². The fourth-order valence-electron chi connectivity index (χ4n) is 4.75. The van der Waals surface area contributed by atoms with E-state index in [0.717, 1.165) is 4.68 Å². The number of carbonyl (C=O) groups excluding carboxylic acids is 1. The van der Waals surface area contributed by atoms with Crippen LogP contribution >= 0.6 is 0 Å². The molecule has 0 saturated heterocycles. The number of nitrogen functional groups attached to an aromatic ring is 1. The van der Waals surface area contributed by atoms with Gasteiger partial charge >= 0.3 is 6.18 Å². The molecule has 210 valence electrons. The van der Waals surface area contributed by atoms with Gasteiger partial charge in [0.15, 0.2) is 17.1 Å². The second-order valence-corrected chi connectivity index (χ2v) is 10.8. The van der Waals surface area contributed by atoms with Gasteiger partial charge in [0.2, 0.25) is 10.0 Å². The molecule has 1 amide bonds. The molecule has 0 fully saturated rings. The molecule has 3 heterocycles. The van der Waals surface area contributed by atoms with E-state index in [2.05, 4.69) is 15.6 Å². The number of nitrogens with one attached hydrogen (secondary N) is 1. The van der Waals surface area contributed by atoms with Crippen molar-refractivity contribution in [2.45, 2.75) is 11.1 Å². The summed E-state index contributed by atoms with van der Waals surface area (Å²) < 4.78 is 71.4. The fourth-order valence-corrected chi connectivity index (χ4v) is 5.51. The van der Waals surface area contributed by atoms with E-state index in [1.54, 1.807) is 36.4 Å². The lowest BCUT2D eigenvalue weighted by molar-refractivity contribution is -0.141. The lowest BCUT2D eigenvalue weighted by atomic mass is 10.0. The van der Waals surface area contributed by atoms with E-state index in [9.17, 15) is 26.4 Å². The van der Waals surface area contributed by atoms with Gasteiger partial charge in [0, 0.05) is 24.7 Å². The monoisotopic (exact) mass is 583 g/mol. The van der Waals surface area contributed by atoms with E-state index in [1.165, 1.54) is 29.2 Å². The molecule has 0 atom stereocenters. The van der Waals surface area contributed by atoms with E-state index < -0.39 is 27.8 Å². The predicted molar refractivity (Wildman–Crippen MR) is 144 cm³/mol. The molecule has 0 radical (unpaired) electrons. The van der Waals surface area contributed by atoms with Crippen LogP contribution in [0.3, 0.4) is 0 Å². The first-order valence-electron chi connectivity index (χ1n) is 12.1. The van der Waals surface area contributed by atoms with E-state index in [1.807, 2.05) is 0 Å². The Kier molecular flexibility index (Phi) is 6.00. The Morgan fingerprint density at radius 1 is 1.05 bits per heavy atom. The first-order chi connectivity index (χ1) is 19.4. The molecule has 41 heavy (non-hydrogen) atoms. The fraction of sp³-hybridized carbons (Fsp3) is 0.115. The van der Waals surface area contributed by atoms with E-state index in [4.69, 9.17) is 15.4 Å². The molecule has 0 bridgehead atoms. The molecular weight excluding hydrogens is 563 g/mol. The summed E-state index contributed by atoms with van der Waals surface area (Å²) in [6.45, 7) is 0.422. The molecule has 0 spiro atoms. The highest BCUT2D eigenvalue weighted by Crippen LogP contribution is 2.37. The lowest BCUT2D eigenvalue weighted by Crippen LogP contribution is -2.39. The van der Waals surface area contributed by atoms with Crippen molar-refractivity contribution in [3.8, 4) is 16.8 Å². The number of benzene rings is 3. The molecule has 6 rings (SSSR count). The molecule has 1 aliphatic heterocycles. The smallest absolute Gasteiger partial charge is 0.382 e. The molecule has 2 aromatic heterocycles. The zero-order valence-electron chi connectivity index (χ0n) is 20.9. The highest BCUT2D eigenvalue weighted by molar-refractivity contribution is 7.89. The first kappa shape index (κ1) is 26.3. The Hall–Kier alpha value is -4.89. The molecule has 11 nitrogen and oxygen atoms in total. The number of hydrogen-bond acceptors (Lipinski definition) is 8. The van der Waals surface area contributed by atoms with Gasteiger partial charge in [0.25, 0.3) is 5.91 Å². The molecular formula is C26H20F3N7O4S. The van der Waals surface area contributed by atoms with Gasteiger partial charge in [-0.25, -0.2) is 18.2 Å². The Bertz CT molecular complexity index is 1950. The third-order valence-electron chi connectivity index (χ3n) is 6.63. The van der Waals surface area contributed by atoms with Crippen LogP contribution in [0.4, 0.5) is 30.4 Å². The standard InChI is InChI=1S/C26H20F3N7O4S/c27-26(28,29)23-13-20(36(33-23)15-6-8-21-17(12-15)24(30)34-40-21)25(37)35-10-9-32-18-11-14(5-7-19(18)35)16-3-1-2-4-22(16)41(31,38)39/h1-8,11-13,32H,9-10H2,(H2,30,34)(H2,31,38,39). The van der Waals surface area contributed by atoms with Gasteiger partial charge in [0.05, 0.1) is 27.3 Å². The average Bonchev–Trinajstić information content (AvgIpc) is 3.56. The number of amides is 1. The topological polar surface area (TPSA) is 162 Å². The summed E-state index contributed by atoms with van der Waals surface area (Å²) >= 11 is 0. The minimum atomic E-state index is -4.81. The summed E-state index contributed by atoms with van der Waals surface area (Å²) in [5.74, 6) is -0.694. The molecule has 5 aromatic rings. The third kappa shape index (κ3) is 4.64. The van der Waals surface area contributed by atoms with Crippen molar-refractivity contribution in [1.29, 1.82) is 0 Å². The van der Waals surface area contributed by atoms with Crippen LogP contribution < -0.4 is 21.1 Å². The van der Waals surface area contributed by atoms with Gasteiger partial charge in [0.1, 0.15) is 5.69 Å². The van der Waals surface area contributed by atoms with Crippen LogP contribution in [0.25, 0.3) is 27.8 Å². The number of alkyl halides is 3. The lowest BCUT2D eigenvalue weighted by Gasteiger charge is -2.31. The zero-order valence-corrected chi connectivity index (χ0v) is 21.7. The third-order valence-corrected chi connectivity index (χ3v) is 7.60. The van der Waals surface area contributed by atoms with Crippen LogP contribution in [0.2, 0.25) is 0 Å². The second kappa shape index (κ2) is 9.35. The van der Waals surface area contributed by atoms with Crippen molar-refractivity contribution in [3.63, 3.8) is 0 Å². The minimum absolute atomic E-state index is 0.0359. The summed E-state index contributed by atoms with van der Waals surface area (Å²) in [4.78, 5) is 15.1. The number of primary sulfonamides is 1. The van der Waals surface area contributed by atoms with E-state index in [-0.39, 0.29) is 35.2 Å². The summed E-state index contributed by atoms with van der Waals surface area (Å²) in [5, 5.41) is 16.2. The number of rotatable bonds is 4. The Labute approximate surface area is 230 Å².